The molecule has 0 aromatic heterocycles. The molecular weight excluding hydrogens is 476 g/mol. The number of carbonyl (C=O) groups is 5. The van der Waals surface area contributed by atoms with Gasteiger partial charge in [0, 0.05) is 5.69 Å². The van der Waals surface area contributed by atoms with Crippen LogP contribution in [0.15, 0.2) is 60.2 Å². The number of benzene rings is 2. The zero-order chi connectivity index (χ0) is 26.3. The summed E-state index contributed by atoms with van der Waals surface area (Å²) in [6.45, 7) is 3.48. The zero-order valence-electron chi connectivity index (χ0n) is 20.4. The van der Waals surface area contributed by atoms with Crippen LogP contribution in [-0.4, -0.2) is 42.9 Å². The van der Waals surface area contributed by atoms with Crippen molar-refractivity contribution in [3.63, 3.8) is 0 Å². The van der Waals surface area contributed by atoms with E-state index >= 15 is 0 Å². The van der Waals surface area contributed by atoms with Crippen molar-refractivity contribution in [2.75, 3.05) is 23.4 Å². The van der Waals surface area contributed by atoms with Gasteiger partial charge in [-0.2, -0.15) is 0 Å². The first-order valence-electron chi connectivity index (χ1n) is 12.2. The third-order valence-corrected chi connectivity index (χ3v) is 7.26. The van der Waals surface area contributed by atoms with E-state index in [9.17, 15) is 24.0 Å². The predicted octanol–water partition coefficient (Wildman–Crippen LogP) is 3.36. The van der Waals surface area contributed by atoms with Crippen molar-refractivity contribution in [2.24, 2.45) is 23.7 Å². The number of nitrogens with one attached hydrogen (secondary N) is 1. The standard InChI is InChI=1S/C28H26N2O7/c1-3-36-27(34)16-4-8-19(9-5-16)29-22(31)14-37-28(35)17-6-10-20(11-7-17)30-25(32)23-18-12-15(2)21(13-18)24(23)26(30)33/h4-12,18,21,23-24H,3,13-14H2,1-2H3,(H,29,31)/t18-,21+,23-,24-/m0/s1. The van der Waals surface area contributed by atoms with Crippen LogP contribution in [0.25, 0.3) is 0 Å². The fourth-order valence-electron chi connectivity index (χ4n) is 5.59. The lowest BCUT2D eigenvalue weighted by Crippen LogP contribution is -2.33. The van der Waals surface area contributed by atoms with Crippen molar-refractivity contribution in [1.29, 1.82) is 0 Å². The zero-order valence-corrected chi connectivity index (χ0v) is 20.4. The number of allylic oxidation sites excluding steroid dienone is 2. The maximum Gasteiger partial charge on any atom is 0.338 e. The number of esters is 2. The van der Waals surface area contributed by atoms with Gasteiger partial charge < -0.3 is 14.8 Å². The molecule has 2 aromatic carbocycles. The Morgan fingerprint density at radius 3 is 2.14 bits per heavy atom. The Balaban J connectivity index is 1.15. The summed E-state index contributed by atoms with van der Waals surface area (Å²) in [5, 5.41) is 2.58. The Morgan fingerprint density at radius 2 is 1.49 bits per heavy atom. The van der Waals surface area contributed by atoms with Gasteiger partial charge in [0.25, 0.3) is 5.91 Å². The van der Waals surface area contributed by atoms with Crippen molar-refractivity contribution >= 4 is 41.0 Å². The second kappa shape index (κ2) is 9.65. The van der Waals surface area contributed by atoms with E-state index in [-0.39, 0.29) is 47.7 Å². The largest absolute Gasteiger partial charge is 0.462 e. The summed E-state index contributed by atoms with van der Waals surface area (Å²) < 4.78 is 10.0. The van der Waals surface area contributed by atoms with E-state index in [4.69, 9.17) is 9.47 Å². The lowest BCUT2D eigenvalue weighted by molar-refractivity contribution is -0.123. The second-order valence-corrected chi connectivity index (χ2v) is 9.45. The highest BCUT2D eigenvalue weighted by Gasteiger charge is 2.60. The first kappa shape index (κ1) is 24.4. The molecule has 2 aliphatic carbocycles. The molecule has 1 heterocycles. The van der Waals surface area contributed by atoms with E-state index in [1.807, 2.05) is 6.92 Å². The van der Waals surface area contributed by atoms with Crippen LogP contribution in [0.3, 0.4) is 0 Å². The molecule has 3 amide bonds. The molecule has 0 unspecified atom stereocenters. The number of ether oxygens (including phenoxy) is 2. The topological polar surface area (TPSA) is 119 Å². The lowest BCUT2D eigenvalue weighted by atomic mass is 9.82. The maximum atomic E-state index is 13.1. The molecule has 1 aliphatic heterocycles. The first-order valence-corrected chi connectivity index (χ1v) is 12.2. The first-order chi connectivity index (χ1) is 17.8. The maximum absolute atomic E-state index is 13.1. The molecule has 1 N–H and O–H groups in total. The van der Waals surface area contributed by atoms with Gasteiger partial charge in [0.1, 0.15) is 0 Å². The van der Waals surface area contributed by atoms with Crippen LogP contribution in [0, 0.1) is 23.7 Å². The van der Waals surface area contributed by atoms with Crippen LogP contribution in [0.4, 0.5) is 11.4 Å². The number of fused-ring (bicyclic) bond motifs is 5. The number of rotatable bonds is 7. The Morgan fingerprint density at radius 1 is 0.892 bits per heavy atom. The number of carbonyl (C=O) groups excluding carboxylic acids is 5. The molecule has 190 valence electrons. The summed E-state index contributed by atoms with van der Waals surface area (Å²) in [5.74, 6) is -2.44. The number of hydrogen-bond acceptors (Lipinski definition) is 7. The summed E-state index contributed by atoms with van der Waals surface area (Å²) in [6.07, 6.45) is 2.98. The van der Waals surface area contributed by atoms with Gasteiger partial charge in [0.2, 0.25) is 11.8 Å². The minimum Gasteiger partial charge on any atom is -0.462 e. The molecule has 1 saturated carbocycles. The molecule has 9 nitrogen and oxygen atoms in total. The van der Waals surface area contributed by atoms with Crippen LogP contribution in [0.1, 0.15) is 41.0 Å². The van der Waals surface area contributed by atoms with Crippen molar-refractivity contribution in [2.45, 2.75) is 20.3 Å². The van der Waals surface area contributed by atoms with Crippen molar-refractivity contribution in [1.82, 2.24) is 0 Å². The lowest BCUT2D eigenvalue weighted by Gasteiger charge is -2.19. The van der Waals surface area contributed by atoms with E-state index < -0.39 is 24.5 Å². The third kappa shape index (κ3) is 4.41. The Kier molecular flexibility index (Phi) is 6.37. The quantitative estimate of drug-likeness (QED) is 0.350. The number of imide groups is 1. The molecule has 0 radical (unpaired) electrons. The van der Waals surface area contributed by atoms with Gasteiger partial charge in [-0.3, -0.25) is 19.3 Å². The van der Waals surface area contributed by atoms with E-state index in [0.717, 1.165) is 6.42 Å². The normalized spacial score (nSPS) is 23.5. The fraction of sp³-hybridized carbons (Fsp3) is 0.321. The third-order valence-electron chi connectivity index (χ3n) is 7.26. The highest BCUT2D eigenvalue weighted by atomic mass is 16.5. The molecule has 2 fully saturated rings. The molecule has 5 rings (SSSR count). The summed E-state index contributed by atoms with van der Waals surface area (Å²) in [4.78, 5) is 63.7. The molecule has 4 atom stereocenters. The van der Waals surface area contributed by atoms with E-state index in [2.05, 4.69) is 11.4 Å². The van der Waals surface area contributed by atoms with Crippen molar-refractivity contribution in [3.05, 3.63) is 71.3 Å². The molecule has 37 heavy (non-hydrogen) atoms. The summed E-state index contributed by atoms with van der Waals surface area (Å²) in [6, 6.07) is 12.2. The second-order valence-electron chi connectivity index (χ2n) is 9.45. The Hall–Kier alpha value is -4.27. The van der Waals surface area contributed by atoms with Gasteiger partial charge in [-0.1, -0.05) is 11.6 Å². The fourth-order valence-corrected chi connectivity index (χ4v) is 5.59. The van der Waals surface area contributed by atoms with Crippen LogP contribution in [0.2, 0.25) is 0 Å². The predicted molar refractivity (Wildman–Crippen MR) is 133 cm³/mol. The molecule has 2 aromatic rings. The van der Waals surface area contributed by atoms with E-state index in [1.54, 1.807) is 31.2 Å². The molecular formula is C28H26N2O7. The van der Waals surface area contributed by atoms with Gasteiger partial charge in [0.15, 0.2) is 6.61 Å². The highest BCUT2D eigenvalue weighted by Crippen LogP contribution is 2.55. The molecule has 3 aliphatic rings. The number of hydrogen-bond donors (Lipinski definition) is 1. The average molecular weight is 503 g/mol. The van der Waals surface area contributed by atoms with Crippen LogP contribution >= 0.6 is 0 Å². The van der Waals surface area contributed by atoms with Gasteiger partial charge in [-0.25, -0.2) is 9.59 Å². The molecule has 9 heteroatoms. The summed E-state index contributed by atoms with van der Waals surface area (Å²) in [7, 11) is 0. The highest BCUT2D eigenvalue weighted by molar-refractivity contribution is 6.23. The van der Waals surface area contributed by atoms with Crippen LogP contribution < -0.4 is 10.2 Å². The van der Waals surface area contributed by atoms with Crippen molar-refractivity contribution in [3.8, 4) is 0 Å². The Labute approximate surface area is 213 Å². The SMILES string of the molecule is CCOC(=O)c1ccc(NC(=O)COC(=O)c2ccc(N3C(=O)[C@@H]4[C@@H](C3=O)[C@H]3C=C(C)[C@H]4C3)cc2)cc1. The monoisotopic (exact) mass is 502 g/mol. The Bertz CT molecular complexity index is 1310. The van der Waals surface area contributed by atoms with Gasteiger partial charge >= 0.3 is 11.9 Å². The minimum absolute atomic E-state index is 0.118. The van der Waals surface area contributed by atoms with Gasteiger partial charge in [0.05, 0.1) is 35.3 Å². The van der Waals surface area contributed by atoms with E-state index in [0.29, 0.717) is 16.9 Å². The van der Waals surface area contributed by atoms with Crippen LogP contribution in [0.5, 0.6) is 0 Å². The average Bonchev–Trinajstić information content (AvgIpc) is 3.53. The molecule has 0 spiro atoms. The smallest absolute Gasteiger partial charge is 0.338 e. The minimum atomic E-state index is -0.715. The van der Waals surface area contributed by atoms with Gasteiger partial charge in [-0.15, -0.1) is 0 Å². The summed E-state index contributed by atoms with van der Waals surface area (Å²) >= 11 is 0. The molecule has 1 saturated heterocycles. The number of anilines is 2. The number of nitrogens with zero attached hydrogens (tertiary/aromatic N) is 1. The summed E-state index contributed by atoms with van der Waals surface area (Å²) in [5.41, 5.74) is 2.58. The van der Waals surface area contributed by atoms with Gasteiger partial charge in [-0.05, 0) is 80.6 Å². The number of amides is 3. The van der Waals surface area contributed by atoms with Crippen molar-refractivity contribution < 1.29 is 33.4 Å². The van der Waals surface area contributed by atoms with E-state index in [1.165, 1.54) is 34.7 Å². The van der Waals surface area contributed by atoms with Crippen LogP contribution in [-0.2, 0) is 23.9 Å². The molecule has 2 bridgehead atoms.